The van der Waals surface area contributed by atoms with Gasteiger partial charge in [0.15, 0.2) is 0 Å². The number of amides is 1. The predicted octanol–water partition coefficient (Wildman–Crippen LogP) is 2.60. The number of nitro benzene ring substituents is 1. The van der Waals surface area contributed by atoms with Crippen LogP contribution in [0, 0.1) is 10.1 Å². The van der Waals surface area contributed by atoms with E-state index >= 15 is 0 Å². The van der Waals surface area contributed by atoms with Gasteiger partial charge in [-0.05, 0) is 17.5 Å². The van der Waals surface area contributed by atoms with Crippen LogP contribution in [0.2, 0.25) is 0 Å². The van der Waals surface area contributed by atoms with Gasteiger partial charge in [-0.25, -0.2) is 0 Å². The van der Waals surface area contributed by atoms with Crippen LogP contribution in [0.1, 0.15) is 15.2 Å². The zero-order valence-electron chi connectivity index (χ0n) is 14.2. The maximum absolute atomic E-state index is 12.4. The molecular formula is C17H18N4O4S. The number of hydrogen-bond acceptors (Lipinski definition) is 7. The Morgan fingerprint density at radius 1 is 1.31 bits per heavy atom. The number of carbonyl (C=O) groups excluding carboxylic acids is 1. The van der Waals surface area contributed by atoms with Crippen LogP contribution >= 0.6 is 11.3 Å². The van der Waals surface area contributed by atoms with Crippen LogP contribution in [-0.2, 0) is 4.84 Å². The molecule has 0 radical (unpaired) electrons. The lowest BCUT2D eigenvalue weighted by Crippen LogP contribution is -2.48. The molecule has 8 nitrogen and oxygen atoms in total. The van der Waals surface area contributed by atoms with Crippen LogP contribution in [0.4, 0.5) is 11.4 Å². The van der Waals surface area contributed by atoms with E-state index in [4.69, 9.17) is 0 Å². The number of hydrogen-bond donors (Lipinski definition) is 0. The number of oxime groups is 1. The molecule has 1 aliphatic heterocycles. The van der Waals surface area contributed by atoms with Crippen molar-refractivity contribution in [2.24, 2.45) is 5.16 Å². The first-order valence-electron chi connectivity index (χ1n) is 8.03. The molecular weight excluding hydrogens is 356 g/mol. The first kappa shape index (κ1) is 17.9. The van der Waals surface area contributed by atoms with Crippen LogP contribution in [0.15, 0.2) is 40.9 Å². The van der Waals surface area contributed by atoms with E-state index in [9.17, 15) is 14.9 Å². The second-order valence-electron chi connectivity index (χ2n) is 5.68. The summed E-state index contributed by atoms with van der Waals surface area (Å²) in [7, 11) is 1.41. The van der Waals surface area contributed by atoms with Crippen LogP contribution in [0.5, 0.6) is 0 Å². The Hall–Kier alpha value is -2.94. The molecule has 9 heteroatoms. The van der Waals surface area contributed by atoms with E-state index in [0.29, 0.717) is 42.3 Å². The minimum absolute atomic E-state index is 0.0141. The number of carbonyl (C=O) groups is 1. The maximum atomic E-state index is 12.4. The standard InChI is InChI=1S/C17H18N4O4S/c1-25-18-12-13-4-5-14(15(11-13)21(23)24)19-6-8-20(9-7-19)17(22)16-3-2-10-26-16/h2-5,10-12H,6-9H2,1H3. The fourth-order valence-corrected chi connectivity index (χ4v) is 3.55. The van der Waals surface area contributed by atoms with Crippen molar-refractivity contribution >= 4 is 34.8 Å². The van der Waals surface area contributed by atoms with Crippen LogP contribution in [-0.4, -0.2) is 55.2 Å². The molecule has 0 unspecified atom stereocenters. The van der Waals surface area contributed by atoms with E-state index in [1.54, 1.807) is 17.0 Å². The number of rotatable bonds is 5. The third-order valence-electron chi connectivity index (χ3n) is 4.14. The summed E-state index contributed by atoms with van der Waals surface area (Å²) in [6.45, 7) is 2.15. The van der Waals surface area contributed by atoms with Crippen molar-refractivity contribution in [2.45, 2.75) is 0 Å². The highest BCUT2D eigenvalue weighted by Gasteiger charge is 2.26. The molecule has 2 heterocycles. The van der Waals surface area contributed by atoms with Crippen molar-refractivity contribution in [1.29, 1.82) is 0 Å². The summed E-state index contributed by atoms with van der Waals surface area (Å²) in [5.41, 5.74) is 1.16. The van der Waals surface area contributed by atoms with Gasteiger partial charge in [-0.15, -0.1) is 11.3 Å². The van der Waals surface area contributed by atoms with E-state index in [1.807, 2.05) is 22.4 Å². The maximum Gasteiger partial charge on any atom is 0.293 e. The Kier molecular flexibility index (Phi) is 5.47. The number of anilines is 1. The number of nitro groups is 1. The van der Waals surface area contributed by atoms with Crippen molar-refractivity contribution in [3.8, 4) is 0 Å². The lowest BCUT2D eigenvalue weighted by Gasteiger charge is -2.35. The van der Waals surface area contributed by atoms with E-state index in [-0.39, 0.29) is 11.6 Å². The molecule has 1 aliphatic rings. The van der Waals surface area contributed by atoms with Crippen molar-refractivity contribution in [3.05, 3.63) is 56.3 Å². The van der Waals surface area contributed by atoms with Crippen LogP contribution in [0.3, 0.4) is 0 Å². The summed E-state index contributed by atoms with van der Waals surface area (Å²) in [6.07, 6.45) is 1.43. The van der Waals surface area contributed by atoms with E-state index in [0.717, 1.165) is 0 Å². The topological polar surface area (TPSA) is 88.3 Å². The van der Waals surface area contributed by atoms with Gasteiger partial charge < -0.3 is 14.6 Å². The lowest BCUT2D eigenvalue weighted by molar-refractivity contribution is -0.384. The fourth-order valence-electron chi connectivity index (χ4n) is 2.85. The number of benzene rings is 1. The second kappa shape index (κ2) is 7.96. The Labute approximate surface area is 154 Å². The molecule has 1 aromatic heterocycles. The summed E-state index contributed by atoms with van der Waals surface area (Å²) < 4.78 is 0. The minimum atomic E-state index is -0.400. The van der Waals surface area contributed by atoms with E-state index in [2.05, 4.69) is 9.99 Å². The summed E-state index contributed by atoms with van der Waals surface area (Å²) >= 11 is 1.42. The zero-order valence-corrected chi connectivity index (χ0v) is 15.0. The van der Waals surface area contributed by atoms with Gasteiger partial charge in [-0.2, -0.15) is 0 Å². The molecule has 1 amide bonds. The molecule has 0 spiro atoms. The molecule has 0 bridgehead atoms. The first-order chi connectivity index (χ1) is 12.6. The first-order valence-corrected chi connectivity index (χ1v) is 8.91. The van der Waals surface area contributed by atoms with Gasteiger partial charge in [-0.1, -0.05) is 17.3 Å². The van der Waals surface area contributed by atoms with Gasteiger partial charge in [0, 0.05) is 37.8 Å². The number of thiophene rings is 1. The number of nitrogens with zero attached hydrogens (tertiary/aromatic N) is 4. The van der Waals surface area contributed by atoms with E-state index in [1.165, 1.54) is 30.7 Å². The number of piperazine rings is 1. The highest BCUT2D eigenvalue weighted by Crippen LogP contribution is 2.30. The van der Waals surface area contributed by atoms with Crippen molar-refractivity contribution in [2.75, 3.05) is 38.2 Å². The molecule has 2 aromatic rings. The van der Waals surface area contributed by atoms with Gasteiger partial charge in [0.05, 0.1) is 16.0 Å². The Balaban J connectivity index is 1.73. The summed E-state index contributed by atoms with van der Waals surface area (Å²) in [5.74, 6) is 0.0141. The van der Waals surface area contributed by atoms with Crippen LogP contribution < -0.4 is 4.90 Å². The second-order valence-corrected chi connectivity index (χ2v) is 6.63. The average Bonchev–Trinajstić information content (AvgIpc) is 3.20. The Morgan fingerprint density at radius 2 is 2.08 bits per heavy atom. The SMILES string of the molecule is CON=Cc1ccc(N2CCN(C(=O)c3cccs3)CC2)c([N+](=O)[O-])c1. The molecule has 26 heavy (non-hydrogen) atoms. The van der Waals surface area contributed by atoms with Gasteiger partial charge in [0.1, 0.15) is 12.8 Å². The average molecular weight is 374 g/mol. The molecule has 1 fully saturated rings. The molecule has 0 aliphatic carbocycles. The third-order valence-corrected chi connectivity index (χ3v) is 5.00. The highest BCUT2D eigenvalue weighted by molar-refractivity contribution is 7.12. The van der Waals surface area contributed by atoms with E-state index < -0.39 is 4.92 Å². The molecule has 3 rings (SSSR count). The normalized spacial score (nSPS) is 14.7. The fraction of sp³-hybridized carbons (Fsp3) is 0.294. The monoisotopic (exact) mass is 374 g/mol. The molecule has 0 saturated carbocycles. The molecule has 136 valence electrons. The quantitative estimate of drug-likeness (QED) is 0.456. The largest absolute Gasteiger partial charge is 0.399 e. The van der Waals surface area contributed by atoms with Crippen molar-refractivity contribution in [1.82, 2.24) is 4.90 Å². The van der Waals surface area contributed by atoms with Gasteiger partial charge in [0.25, 0.3) is 11.6 Å². The summed E-state index contributed by atoms with van der Waals surface area (Å²) in [5, 5.41) is 17.0. The zero-order chi connectivity index (χ0) is 18.5. The highest BCUT2D eigenvalue weighted by atomic mass is 32.1. The minimum Gasteiger partial charge on any atom is -0.399 e. The van der Waals surface area contributed by atoms with Crippen LogP contribution in [0.25, 0.3) is 0 Å². The molecule has 0 atom stereocenters. The molecule has 1 saturated heterocycles. The molecule has 0 N–H and O–H groups in total. The van der Waals surface area contributed by atoms with Gasteiger partial charge in [-0.3, -0.25) is 14.9 Å². The van der Waals surface area contributed by atoms with Gasteiger partial charge in [0.2, 0.25) is 0 Å². The summed E-state index contributed by atoms with van der Waals surface area (Å²) in [4.78, 5) is 32.5. The smallest absolute Gasteiger partial charge is 0.293 e. The molecule has 1 aromatic carbocycles. The van der Waals surface area contributed by atoms with Gasteiger partial charge >= 0.3 is 0 Å². The predicted molar refractivity (Wildman–Crippen MR) is 100 cm³/mol. The van der Waals surface area contributed by atoms with Crippen molar-refractivity contribution < 1.29 is 14.6 Å². The third kappa shape index (κ3) is 3.83. The van der Waals surface area contributed by atoms with Crippen molar-refractivity contribution in [3.63, 3.8) is 0 Å². The Morgan fingerprint density at radius 3 is 2.69 bits per heavy atom. The lowest BCUT2D eigenvalue weighted by atomic mass is 10.1. The summed E-state index contributed by atoms with van der Waals surface area (Å²) in [6, 6.07) is 8.61. The Bertz CT molecular complexity index is 814.